The average molecular weight is 273 g/mol. The van der Waals surface area contributed by atoms with Gasteiger partial charge in [-0.3, -0.25) is 9.59 Å². The molecule has 20 heavy (non-hydrogen) atoms. The molecule has 0 fully saturated rings. The van der Waals surface area contributed by atoms with Gasteiger partial charge in [0.2, 0.25) is 5.91 Å². The molecule has 1 atom stereocenters. The molecule has 1 unspecified atom stereocenters. The van der Waals surface area contributed by atoms with Crippen LogP contribution in [0.2, 0.25) is 0 Å². The van der Waals surface area contributed by atoms with E-state index in [9.17, 15) is 9.59 Å². The summed E-state index contributed by atoms with van der Waals surface area (Å²) in [7, 11) is 0. The lowest BCUT2D eigenvalue weighted by Crippen LogP contribution is -2.38. The van der Waals surface area contributed by atoms with Gasteiger partial charge in [-0.2, -0.15) is 5.10 Å². The van der Waals surface area contributed by atoms with Crippen molar-refractivity contribution >= 4 is 17.5 Å². The molecule has 0 radical (unpaired) electrons. The zero-order valence-electron chi connectivity index (χ0n) is 11.6. The molecule has 0 saturated carbocycles. The van der Waals surface area contributed by atoms with Crippen molar-refractivity contribution in [2.75, 3.05) is 0 Å². The van der Waals surface area contributed by atoms with Crippen molar-refractivity contribution in [3.8, 4) is 0 Å². The Labute approximate surface area is 118 Å². The highest BCUT2D eigenvalue weighted by molar-refractivity contribution is 6.39. The molecule has 1 aliphatic heterocycles. The molecule has 2 rings (SSSR count). The fraction of sp³-hybridized carbons (Fsp3) is 0.400. The van der Waals surface area contributed by atoms with Gasteiger partial charge in [-0.05, 0) is 12.0 Å². The van der Waals surface area contributed by atoms with Crippen LogP contribution in [-0.2, 0) is 9.59 Å². The lowest BCUT2D eigenvalue weighted by Gasteiger charge is -2.20. The third-order valence-corrected chi connectivity index (χ3v) is 3.25. The van der Waals surface area contributed by atoms with Crippen molar-refractivity contribution in [2.24, 2.45) is 5.10 Å². The first-order chi connectivity index (χ1) is 9.70. The van der Waals surface area contributed by atoms with Crippen molar-refractivity contribution < 1.29 is 9.59 Å². The normalized spacial score (nSPS) is 16.1. The van der Waals surface area contributed by atoms with Crippen LogP contribution in [0.3, 0.4) is 0 Å². The maximum atomic E-state index is 12.2. The van der Waals surface area contributed by atoms with Gasteiger partial charge in [0.1, 0.15) is 5.71 Å². The molecular formula is C15H19N3O2. The Morgan fingerprint density at radius 1 is 1.35 bits per heavy atom. The number of hydrogen-bond donors (Lipinski definition) is 2. The van der Waals surface area contributed by atoms with Crippen LogP contribution >= 0.6 is 0 Å². The number of carbonyl (C=O) groups excluding carboxylic acids is 2. The molecule has 1 heterocycles. The Balaban J connectivity index is 2.05. The van der Waals surface area contributed by atoms with Gasteiger partial charge in [0, 0.05) is 12.8 Å². The first kappa shape index (κ1) is 14.2. The quantitative estimate of drug-likeness (QED) is 0.860. The predicted molar refractivity (Wildman–Crippen MR) is 77.0 cm³/mol. The van der Waals surface area contributed by atoms with Gasteiger partial charge >= 0.3 is 0 Å². The molecule has 1 aromatic carbocycles. The Kier molecular flexibility index (Phi) is 4.87. The summed E-state index contributed by atoms with van der Waals surface area (Å²) in [5.41, 5.74) is 3.82. The van der Waals surface area contributed by atoms with Crippen LogP contribution in [0.1, 0.15) is 44.2 Å². The average Bonchev–Trinajstić information content (AvgIpc) is 2.48. The number of amides is 2. The van der Waals surface area contributed by atoms with Gasteiger partial charge in [-0.1, -0.05) is 43.7 Å². The van der Waals surface area contributed by atoms with Gasteiger partial charge in [0.05, 0.1) is 6.04 Å². The van der Waals surface area contributed by atoms with E-state index in [1.54, 1.807) is 0 Å². The van der Waals surface area contributed by atoms with Crippen LogP contribution < -0.4 is 10.7 Å². The highest BCUT2D eigenvalue weighted by atomic mass is 16.2. The van der Waals surface area contributed by atoms with Crippen LogP contribution in [-0.4, -0.2) is 17.5 Å². The van der Waals surface area contributed by atoms with Crippen LogP contribution in [0.4, 0.5) is 0 Å². The smallest absolute Gasteiger partial charge is 0.267 e. The summed E-state index contributed by atoms with van der Waals surface area (Å²) in [6, 6.07) is 9.87. The van der Waals surface area contributed by atoms with Crippen LogP contribution in [0.25, 0.3) is 0 Å². The SMILES string of the molecule is CCCC(NC(=O)C1=NNC(=O)CC1)c1ccccc1. The summed E-state index contributed by atoms with van der Waals surface area (Å²) in [4.78, 5) is 23.2. The minimum absolute atomic E-state index is 0.0194. The van der Waals surface area contributed by atoms with Crippen LogP contribution in [0, 0.1) is 0 Å². The number of nitrogens with one attached hydrogen (secondary N) is 2. The third kappa shape index (κ3) is 3.66. The first-order valence-electron chi connectivity index (χ1n) is 6.92. The van der Waals surface area contributed by atoms with Crippen molar-refractivity contribution in [1.29, 1.82) is 0 Å². The molecule has 0 spiro atoms. The third-order valence-electron chi connectivity index (χ3n) is 3.25. The Morgan fingerprint density at radius 2 is 2.10 bits per heavy atom. The Morgan fingerprint density at radius 3 is 2.70 bits per heavy atom. The molecule has 1 aromatic rings. The fourth-order valence-electron chi connectivity index (χ4n) is 2.18. The van der Waals surface area contributed by atoms with Gasteiger partial charge in [0.25, 0.3) is 5.91 Å². The molecule has 2 amide bonds. The van der Waals surface area contributed by atoms with Crippen molar-refractivity contribution in [1.82, 2.24) is 10.7 Å². The highest BCUT2D eigenvalue weighted by Gasteiger charge is 2.21. The van der Waals surface area contributed by atoms with E-state index in [0.29, 0.717) is 18.6 Å². The molecule has 2 N–H and O–H groups in total. The van der Waals surface area contributed by atoms with E-state index in [-0.39, 0.29) is 17.9 Å². The highest BCUT2D eigenvalue weighted by Crippen LogP contribution is 2.18. The van der Waals surface area contributed by atoms with Crippen molar-refractivity contribution in [2.45, 2.75) is 38.6 Å². The van der Waals surface area contributed by atoms with E-state index >= 15 is 0 Å². The number of hydrazone groups is 1. The molecule has 106 valence electrons. The summed E-state index contributed by atoms with van der Waals surface area (Å²) in [6.07, 6.45) is 2.56. The van der Waals surface area contributed by atoms with Gasteiger partial charge < -0.3 is 5.32 Å². The van der Waals surface area contributed by atoms with E-state index < -0.39 is 0 Å². The summed E-state index contributed by atoms with van der Waals surface area (Å²) >= 11 is 0. The van der Waals surface area contributed by atoms with E-state index in [1.807, 2.05) is 30.3 Å². The molecule has 0 bridgehead atoms. The fourth-order valence-corrected chi connectivity index (χ4v) is 2.18. The van der Waals surface area contributed by atoms with Crippen molar-refractivity contribution in [3.05, 3.63) is 35.9 Å². The number of benzene rings is 1. The molecule has 1 aliphatic rings. The summed E-state index contributed by atoms with van der Waals surface area (Å²) in [6.45, 7) is 2.08. The zero-order valence-corrected chi connectivity index (χ0v) is 11.6. The minimum atomic E-state index is -0.202. The molecule has 5 heteroatoms. The van der Waals surface area contributed by atoms with Crippen LogP contribution in [0.5, 0.6) is 0 Å². The van der Waals surface area contributed by atoms with E-state index in [1.165, 1.54) is 0 Å². The predicted octanol–water partition coefficient (Wildman–Crippen LogP) is 1.91. The lowest BCUT2D eigenvalue weighted by atomic mass is 10.0. The largest absolute Gasteiger partial charge is 0.344 e. The van der Waals surface area contributed by atoms with Gasteiger partial charge in [-0.15, -0.1) is 0 Å². The number of rotatable bonds is 5. The maximum Gasteiger partial charge on any atom is 0.267 e. The molecule has 0 aromatic heterocycles. The summed E-state index contributed by atoms with van der Waals surface area (Å²) in [5.74, 6) is -0.345. The maximum absolute atomic E-state index is 12.2. The van der Waals surface area contributed by atoms with E-state index in [4.69, 9.17) is 0 Å². The second kappa shape index (κ2) is 6.84. The number of hydrogen-bond acceptors (Lipinski definition) is 3. The van der Waals surface area contributed by atoms with Gasteiger partial charge in [-0.25, -0.2) is 5.43 Å². The molecule has 5 nitrogen and oxygen atoms in total. The Hall–Kier alpha value is -2.17. The second-order valence-electron chi connectivity index (χ2n) is 4.82. The lowest BCUT2D eigenvalue weighted by molar-refractivity contribution is -0.121. The number of nitrogens with zero attached hydrogens (tertiary/aromatic N) is 1. The van der Waals surface area contributed by atoms with Gasteiger partial charge in [0.15, 0.2) is 0 Å². The molecule has 0 aliphatic carbocycles. The molecular weight excluding hydrogens is 254 g/mol. The van der Waals surface area contributed by atoms with Crippen LogP contribution in [0.15, 0.2) is 35.4 Å². The Bertz CT molecular complexity index is 511. The minimum Gasteiger partial charge on any atom is -0.344 e. The van der Waals surface area contributed by atoms with E-state index in [2.05, 4.69) is 22.8 Å². The standard InChI is InChI=1S/C15H19N3O2/c1-2-6-12(11-7-4-3-5-8-11)16-15(20)13-9-10-14(19)18-17-13/h3-5,7-8,12H,2,6,9-10H2,1H3,(H,16,20)(H,18,19). The van der Waals surface area contributed by atoms with Crippen molar-refractivity contribution in [3.63, 3.8) is 0 Å². The summed E-state index contributed by atoms with van der Waals surface area (Å²) < 4.78 is 0. The first-order valence-corrected chi connectivity index (χ1v) is 6.92. The number of carbonyl (C=O) groups is 2. The van der Waals surface area contributed by atoms with E-state index in [0.717, 1.165) is 18.4 Å². The zero-order chi connectivity index (χ0) is 14.4. The topological polar surface area (TPSA) is 70.6 Å². The monoisotopic (exact) mass is 273 g/mol. The molecule has 0 saturated heterocycles. The second-order valence-corrected chi connectivity index (χ2v) is 4.82. The summed E-state index contributed by atoms with van der Waals surface area (Å²) in [5, 5.41) is 6.82.